The van der Waals surface area contributed by atoms with E-state index in [1.54, 1.807) is 14.1 Å². The average molecular weight is 531 g/mol. The number of aliphatic imine (C=N–C) groups is 1. The van der Waals surface area contributed by atoms with Gasteiger partial charge in [0.1, 0.15) is 5.75 Å². The van der Waals surface area contributed by atoms with E-state index in [0.29, 0.717) is 24.8 Å². The van der Waals surface area contributed by atoms with Crippen LogP contribution in [0.25, 0.3) is 0 Å². The number of guanidine groups is 1. The summed E-state index contributed by atoms with van der Waals surface area (Å²) >= 11 is 6.21. The molecule has 2 aromatic rings. The molecule has 0 heterocycles. The number of halogens is 2. The summed E-state index contributed by atoms with van der Waals surface area (Å²) in [5.74, 6) is 1.27. The first-order valence-electron chi connectivity index (χ1n) is 9.17. The van der Waals surface area contributed by atoms with Gasteiger partial charge in [-0.1, -0.05) is 41.9 Å². The largest absolute Gasteiger partial charge is 0.484 e. The fraction of sp³-hybridized carbons (Fsp3) is 0.333. The van der Waals surface area contributed by atoms with Crippen molar-refractivity contribution in [2.75, 3.05) is 27.2 Å². The van der Waals surface area contributed by atoms with Crippen molar-refractivity contribution in [3.05, 3.63) is 64.7 Å². The SMILES string of the molecule is CCNC(=NCc1cccc(OCC(=O)N(C)C)c1)NCc1ccccc1Cl.I. The molecule has 0 unspecified atom stereocenters. The first-order valence-corrected chi connectivity index (χ1v) is 9.55. The second kappa shape index (κ2) is 13.3. The lowest BCUT2D eigenvalue weighted by Gasteiger charge is -2.13. The highest BCUT2D eigenvalue weighted by molar-refractivity contribution is 14.0. The van der Waals surface area contributed by atoms with E-state index in [1.165, 1.54) is 4.90 Å². The molecular formula is C21H28ClIN4O2. The first-order chi connectivity index (χ1) is 13.5. The summed E-state index contributed by atoms with van der Waals surface area (Å²) < 4.78 is 5.56. The predicted molar refractivity (Wildman–Crippen MR) is 129 cm³/mol. The molecule has 0 radical (unpaired) electrons. The maximum atomic E-state index is 11.7. The number of ether oxygens (including phenoxy) is 1. The fourth-order valence-electron chi connectivity index (χ4n) is 2.34. The third kappa shape index (κ3) is 8.91. The Balaban J connectivity index is 0.00000420. The van der Waals surface area contributed by atoms with Crippen LogP contribution in [0.4, 0.5) is 0 Å². The number of likely N-dealkylation sites (N-methyl/N-ethyl adjacent to an activating group) is 1. The van der Waals surface area contributed by atoms with E-state index in [9.17, 15) is 4.79 Å². The molecule has 0 aliphatic rings. The van der Waals surface area contributed by atoms with E-state index in [4.69, 9.17) is 16.3 Å². The molecular weight excluding hydrogens is 503 g/mol. The number of benzene rings is 2. The second-order valence-corrected chi connectivity index (χ2v) is 6.77. The van der Waals surface area contributed by atoms with Gasteiger partial charge in [0.2, 0.25) is 0 Å². The molecule has 8 heteroatoms. The van der Waals surface area contributed by atoms with Gasteiger partial charge in [-0.25, -0.2) is 4.99 Å². The molecule has 0 saturated carbocycles. The Morgan fingerprint density at radius 2 is 1.90 bits per heavy atom. The number of hydrogen-bond acceptors (Lipinski definition) is 3. The molecule has 1 amide bonds. The third-order valence-corrected chi connectivity index (χ3v) is 4.30. The zero-order valence-electron chi connectivity index (χ0n) is 16.9. The smallest absolute Gasteiger partial charge is 0.259 e. The molecule has 29 heavy (non-hydrogen) atoms. The Morgan fingerprint density at radius 3 is 2.59 bits per heavy atom. The summed E-state index contributed by atoms with van der Waals surface area (Å²) in [6.07, 6.45) is 0. The molecule has 0 atom stereocenters. The maximum Gasteiger partial charge on any atom is 0.259 e. The molecule has 0 aliphatic heterocycles. The normalized spacial score (nSPS) is 10.7. The van der Waals surface area contributed by atoms with Crippen molar-refractivity contribution in [2.45, 2.75) is 20.0 Å². The van der Waals surface area contributed by atoms with Gasteiger partial charge < -0.3 is 20.3 Å². The number of rotatable bonds is 8. The summed E-state index contributed by atoms with van der Waals surface area (Å²) in [6, 6.07) is 15.3. The Bertz CT molecular complexity index is 815. The number of carbonyl (C=O) groups excluding carboxylic acids is 1. The van der Waals surface area contributed by atoms with Gasteiger partial charge in [-0.2, -0.15) is 0 Å². The molecule has 0 aromatic heterocycles. The number of nitrogens with zero attached hydrogens (tertiary/aromatic N) is 2. The molecule has 0 saturated heterocycles. The minimum Gasteiger partial charge on any atom is -0.484 e. The van der Waals surface area contributed by atoms with Gasteiger partial charge in [0.25, 0.3) is 5.91 Å². The zero-order chi connectivity index (χ0) is 20.4. The molecule has 0 aliphatic carbocycles. The second-order valence-electron chi connectivity index (χ2n) is 6.36. The summed E-state index contributed by atoms with van der Waals surface area (Å²) in [4.78, 5) is 17.8. The number of nitrogens with one attached hydrogen (secondary N) is 2. The van der Waals surface area contributed by atoms with Crippen LogP contribution < -0.4 is 15.4 Å². The van der Waals surface area contributed by atoms with Crippen LogP contribution >= 0.6 is 35.6 Å². The van der Waals surface area contributed by atoms with Crippen LogP contribution in [0.5, 0.6) is 5.75 Å². The average Bonchev–Trinajstić information content (AvgIpc) is 2.69. The topological polar surface area (TPSA) is 66.0 Å². The van der Waals surface area contributed by atoms with E-state index in [-0.39, 0.29) is 36.5 Å². The summed E-state index contributed by atoms with van der Waals surface area (Å²) in [6.45, 7) is 3.85. The van der Waals surface area contributed by atoms with E-state index in [2.05, 4.69) is 15.6 Å². The zero-order valence-corrected chi connectivity index (χ0v) is 20.0. The van der Waals surface area contributed by atoms with Crippen molar-refractivity contribution >= 4 is 47.4 Å². The molecule has 6 nitrogen and oxygen atoms in total. The lowest BCUT2D eigenvalue weighted by Crippen LogP contribution is -2.36. The lowest BCUT2D eigenvalue weighted by molar-refractivity contribution is -0.130. The molecule has 2 rings (SSSR count). The van der Waals surface area contributed by atoms with Crippen LogP contribution in [0, 0.1) is 0 Å². The Hall–Kier alpha value is -2.00. The molecule has 0 bridgehead atoms. The van der Waals surface area contributed by atoms with Crippen LogP contribution in [0.15, 0.2) is 53.5 Å². The Kier molecular flexibility index (Phi) is 11.5. The maximum absolute atomic E-state index is 11.7. The van der Waals surface area contributed by atoms with Gasteiger partial charge in [0, 0.05) is 32.2 Å². The highest BCUT2D eigenvalue weighted by Gasteiger charge is 2.06. The van der Waals surface area contributed by atoms with E-state index >= 15 is 0 Å². The minimum atomic E-state index is -0.0818. The van der Waals surface area contributed by atoms with Gasteiger partial charge in [0.15, 0.2) is 12.6 Å². The van der Waals surface area contributed by atoms with Crippen molar-refractivity contribution < 1.29 is 9.53 Å². The summed E-state index contributed by atoms with van der Waals surface area (Å²) in [5, 5.41) is 7.24. The van der Waals surface area contributed by atoms with Gasteiger partial charge >= 0.3 is 0 Å². The van der Waals surface area contributed by atoms with Gasteiger partial charge in [0.05, 0.1) is 6.54 Å². The number of amides is 1. The van der Waals surface area contributed by atoms with Gasteiger partial charge in [-0.15, -0.1) is 24.0 Å². The molecule has 0 fully saturated rings. The quantitative estimate of drug-likeness (QED) is 0.310. The van der Waals surface area contributed by atoms with E-state index < -0.39 is 0 Å². The first kappa shape index (κ1) is 25.0. The van der Waals surface area contributed by atoms with Crippen molar-refractivity contribution in [3.63, 3.8) is 0 Å². The van der Waals surface area contributed by atoms with Crippen molar-refractivity contribution in [1.82, 2.24) is 15.5 Å². The van der Waals surface area contributed by atoms with Crippen LogP contribution in [0.3, 0.4) is 0 Å². The molecule has 2 aromatic carbocycles. The Morgan fingerprint density at radius 1 is 1.14 bits per heavy atom. The van der Waals surface area contributed by atoms with Crippen molar-refractivity contribution in [3.8, 4) is 5.75 Å². The standard InChI is InChI=1S/C21H27ClN4O2.HI/c1-4-23-21(25-14-17-9-5-6-11-19(17)22)24-13-16-8-7-10-18(12-16)28-15-20(27)26(2)3;/h5-12H,4,13-15H2,1-3H3,(H2,23,24,25);1H. The van der Waals surface area contributed by atoms with E-state index in [0.717, 1.165) is 22.7 Å². The number of hydrogen-bond donors (Lipinski definition) is 2. The number of carbonyl (C=O) groups is 1. The van der Waals surface area contributed by atoms with Crippen LogP contribution in [-0.4, -0.2) is 44.0 Å². The highest BCUT2D eigenvalue weighted by Crippen LogP contribution is 2.15. The van der Waals surface area contributed by atoms with Gasteiger partial charge in [-0.05, 0) is 36.2 Å². The van der Waals surface area contributed by atoms with Crippen LogP contribution in [0.1, 0.15) is 18.1 Å². The van der Waals surface area contributed by atoms with Crippen molar-refractivity contribution in [1.29, 1.82) is 0 Å². The minimum absolute atomic E-state index is 0. The highest BCUT2D eigenvalue weighted by atomic mass is 127. The third-order valence-electron chi connectivity index (χ3n) is 3.93. The van der Waals surface area contributed by atoms with Gasteiger partial charge in [-0.3, -0.25) is 4.79 Å². The summed E-state index contributed by atoms with van der Waals surface area (Å²) in [7, 11) is 3.41. The summed E-state index contributed by atoms with van der Waals surface area (Å²) in [5.41, 5.74) is 2.00. The lowest BCUT2D eigenvalue weighted by atomic mass is 10.2. The molecule has 2 N–H and O–H groups in total. The van der Waals surface area contributed by atoms with E-state index in [1.807, 2.05) is 55.5 Å². The molecule has 0 spiro atoms. The fourth-order valence-corrected chi connectivity index (χ4v) is 2.54. The Labute approximate surface area is 194 Å². The molecule has 158 valence electrons. The van der Waals surface area contributed by atoms with Crippen LogP contribution in [-0.2, 0) is 17.9 Å². The van der Waals surface area contributed by atoms with Crippen molar-refractivity contribution in [2.24, 2.45) is 4.99 Å². The monoisotopic (exact) mass is 530 g/mol. The predicted octanol–water partition coefficient (Wildman–Crippen LogP) is 3.68. The van der Waals surface area contributed by atoms with Crippen LogP contribution in [0.2, 0.25) is 5.02 Å².